The number of hydrogen-bond donors (Lipinski definition) is 1. The maximum absolute atomic E-state index is 11.9. The summed E-state index contributed by atoms with van der Waals surface area (Å²) in [5, 5.41) is 8.25. The van der Waals surface area contributed by atoms with Crippen LogP contribution < -0.4 is 5.43 Å². The van der Waals surface area contributed by atoms with Crippen LogP contribution in [-0.4, -0.2) is 21.9 Å². The van der Waals surface area contributed by atoms with E-state index in [-0.39, 0.29) is 17.9 Å². The molecule has 1 heterocycles. The van der Waals surface area contributed by atoms with Gasteiger partial charge in [0.05, 0.1) is 11.9 Å². The normalized spacial score (nSPS) is 11.9. The van der Waals surface area contributed by atoms with Gasteiger partial charge in [-0.3, -0.25) is 9.48 Å². The first-order valence-corrected chi connectivity index (χ1v) is 7.69. The SMILES string of the molecule is Cc1cc(C)n(CC(=O)N/N=C/c2ccc(C(C)(C)C)cc2)n1. The second-order valence-corrected chi connectivity index (χ2v) is 6.75. The molecule has 0 spiro atoms. The molecule has 122 valence electrons. The van der Waals surface area contributed by atoms with Crippen molar-refractivity contribution in [1.29, 1.82) is 0 Å². The first-order chi connectivity index (χ1) is 10.8. The molecule has 1 N–H and O–H groups in total. The Kier molecular flexibility index (Phi) is 4.98. The molecule has 2 rings (SSSR count). The summed E-state index contributed by atoms with van der Waals surface area (Å²) in [5.41, 5.74) is 6.73. The van der Waals surface area contributed by atoms with E-state index in [0.717, 1.165) is 17.0 Å². The van der Waals surface area contributed by atoms with Crippen LogP contribution in [-0.2, 0) is 16.8 Å². The van der Waals surface area contributed by atoms with E-state index in [2.05, 4.69) is 48.5 Å². The maximum Gasteiger partial charge on any atom is 0.261 e. The number of hydrazone groups is 1. The molecule has 1 aromatic heterocycles. The van der Waals surface area contributed by atoms with E-state index in [9.17, 15) is 4.79 Å². The Morgan fingerprint density at radius 3 is 2.43 bits per heavy atom. The summed E-state index contributed by atoms with van der Waals surface area (Å²) in [6.45, 7) is 10.5. The van der Waals surface area contributed by atoms with Crippen LogP contribution in [0.3, 0.4) is 0 Å². The lowest BCUT2D eigenvalue weighted by atomic mass is 9.87. The second kappa shape index (κ2) is 6.77. The van der Waals surface area contributed by atoms with Crippen LogP contribution in [0.4, 0.5) is 0 Å². The van der Waals surface area contributed by atoms with Crippen molar-refractivity contribution in [1.82, 2.24) is 15.2 Å². The van der Waals surface area contributed by atoms with E-state index in [0.29, 0.717) is 0 Å². The Hall–Kier alpha value is -2.43. The average Bonchev–Trinajstić information content (AvgIpc) is 2.76. The fourth-order valence-corrected chi connectivity index (χ4v) is 2.25. The van der Waals surface area contributed by atoms with Crippen LogP contribution in [0.2, 0.25) is 0 Å². The maximum atomic E-state index is 11.9. The molecule has 0 unspecified atom stereocenters. The number of amides is 1. The van der Waals surface area contributed by atoms with Gasteiger partial charge in [0.15, 0.2) is 0 Å². The van der Waals surface area contributed by atoms with Crippen molar-refractivity contribution in [3.05, 3.63) is 52.8 Å². The molecule has 0 bridgehead atoms. The topological polar surface area (TPSA) is 59.3 Å². The summed E-state index contributed by atoms with van der Waals surface area (Å²) >= 11 is 0. The predicted octanol–water partition coefficient (Wildman–Crippen LogP) is 2.95. The minimum absolute atomic E-state index is 0.129. The number of hydrogen-bond acceptors (Lipinski definition) is 3. The third-order valence-corrected chi connectivity index (χ3v) is 3.58. The number of nitrogens with zero attached hydrogens (tertiary/aromatic N) is 3. The predicted molar refractivity (Wildman–Crippen MR) is 92.6 cm³/mol. The molecular formula is C18H24N4O. The fraction of sp³-hybridized carbons (Fsp3) is 0.389. The van der Waals surface area contributed by atoms with E-state index in [1.165, 1.54) is 5.56 Å². The molecule has 23 heavy (non-hydrogen) atoms. The number of benzene rings is 1. The summed E-state index contributed by atoms with van der Waals surface area (Å²) in [7, 11) is 0. The molecule has 0 fully saturated rings. The van der Waals surface area contributed by atoms with Gasteiger partial charge >= 0.3 is 0 Å². The first kappa shape index (κ1) is 16.9. The highest BCUT2D eigenvalue weighted by Crippen LogP contribution is 2.21. The van der Waals surface area contributed by atoms with Gasteiger partial charge in [0.2, 0.25) is 0 Å². The smallest absolute Gasteiger partial charge is 0.261 e. The quantitative estimate of drug-likeness (QED) is 0.697. The van der Waals surface area contributed by atoms with Gasteiger partial charge < -0.3 is 0 Å². The largest absolute Gasteiger partial charge is 0.271 e. The highest BCUT2D eigenvalue weighted by Gasteiger charge is 2.12. The van der Waals surface area contributed by atoms with Crippen LogP contribution in [0, 0.1) is 13.8 Å². The molecule has 1 aromatic carbocycles. The highest BCUT2D eigenvalue weighted by molar-refractivity contribution is 5.82. The lowest BCUT2D eigenvalue weighted by molar-refractivity contribution is -0.121. The van der Waals surface area contributed by atoms with Gasteiger partial charge in [-0.1, -0.05) is 45.0 Å². The molecule has 0 atom stereocenters. The molecule has 0 radical (unpaired) electrons. The number of carbonyl (C=O) groups is 1. The summed E-state index contributed by atoms with van der Waals surface area (Å²) in [6.07, 6.45) is 1.64. The van der Waals surface area contributed by atoms with E-state index >= 15 is 0 Å². The third kappa shape index (κ3) is 4.77. The van der Waals surface area contributed by atoms with Crippen molar-refractivity contribution in [3.8, 4) is 0 Å². The van der Waals surface area contributed by atoms with Crippen LogP contribution in [0.5, 0.6) is 0 Å². The van der Waals surface area contributed by atoms with E-state index in [1.807, 2.05) is 32.0 Å². The number of rotatable bonds is 4. The fourth-order valence-electron chi connectivity index (χ4n) is 2.25. The second-order valence-electron chi connectivity index (χ2n) is 6.75. The molecule has 5 heteroatoms. The Balaban J connectivity index is 1.91. The zero-order valence-electron chi connectivity index (χ0n) is 14.4. The Bertz CT molecular complexity index is 706. The molecule has 0 aliphatic carbocycles. The van der Waals surface area contributed by atoms with Gasteiger partial charge in [0, 0.05) is 5.69 Å². The van der Waals surface area contributed by atoms with Crippen LogP contribution in [0.1, 0.15) is 43.3 Å². The van der Waals surface area contributed by atoms with Gasteiger partial charge in [0.1, 0.15) is 6.54 Å². The molecule has 0 aliphatic heterocycles. The van der Waals surface area contributed by atoms with Crippen molar-refractivity contribution >= 4 is 12.1 Å². The van der Waals surface area contributed by atoms with E-state index < -0.39 is 0 Å². The van der Waals surface area contributed by atoms with E-state index in [1.54, 1.807) is 10.9 Å². The third-order valence-electron chi connectivity index (χ3n) is 3.58. The molecule has 1 amide bonds. The Labute approximate surface area is 137 Å². The van der Waals surface area contributed by atoms with E-state index in [4.69, 9.17) is 0 Å². The molecule has 2 aromatic rings. The van der Waals surface area contributed by atoms with Crippen LogP contribution >= 0.6 is 0 Å². The molecule has 5 nitrogen and oxygen atoms in total. The lowest BCUT2D eigenvalue weighted by Gasteiger charge is -2.18. The van der Waals surface area contributed by atoms with Gasteiger partial charge in [0.25, 0.3) is 5.91 Å². The van der Waals surface area contributed by atoms with Gasteiger partial charge in [-0.2, -0.15) is 10.2 Å². The minimum Gasteiger partial charge on any atom is -0.271 e. The zero-order valence-corrected chi connectivity index (χ0v) is 14.4. The van der Waals surface area contributed by atoms with Gasteiger partial charge in [-0.15, -0.1) is 0 Å². The zero-order chi connectivity index (χ0) is 17.0. The standard InChI is InChI=1S/C18H24N4O/c1-13-10-14(2)22(21-13)12-17(23)20-19-11-15-6-8-16(9-7-15)18(3,4)5/h6-11H,12H2,1-5H3,(H,20,23)/b19-11+. The van der Waals surface area contributed by atoms with Crippen molar-refractivity contribution in [2.24, 2.45) is 5.10 Å². The summed E-state index contributed by atoms with van der Waals surface area (Å²) in [4.78, 5) is 11.9. The number of carbonyl (C=O) groups excluding carboxylic acids is 1. The van der Waals surface area contributed by atoms with Crippen molar-refractivity contribution in [2.45, 2.75) is 46.6 Å². The molecule has 0 saturated heterocycles. The highest BCUT2D eigenvalue weighted by atomic mass is 16.2. The molecule has 0 aliphatic rings. The van der Waals surface area contributed by atoms with Crippen LogP contribution in [0.25, 0.3) is 0 Å². The average molecular weight is 312 g/mol. The summed E-state index contributed by atoms with van der Waals surface area (Å²) in [6, 6.07) is 10.1. The van der Waals surface area contributed by atoms with Crippen molar-refractivity contribution in [3.63, 3.8) is 0 Å². The number of aryl methyl sites for hydroxylation is 2. The van der Waals surface area contributed by atoms with Gasteiger partial charge in [-0.05, 0) is 36.5 Å². The minimum atomic E-state index is -0.196. The monoisotopic (exact) mass is 312 g/mol. The number of nitrogens with one attached hydrogen (secondary N) is 1. The van der Waals surface area contributed by atoms with Crippen molar-refractivity contribution in [2.75, 3.05) is 0 Å². The summed E-state index contributed by atoms with van der Waals surface area (Å²) in [5.74, 6) is -0.196. The Morgan fingerprint density at radius 2 is 1.91 bits per heavy atom. The summed E-state index contributed by atoms with van der Waals surface area (Å²) < 4.78 is 1.66. The van der Waals surface area contributed by atoms with Crippen LogP contribution in [0.15, 0.2) is 35.4 Å². The molecule has 0 saturated carbocycles. The first-order valence-electron chi connectivity index (χ1n) is 7.69. The lowest BCUT2D eigenvalue weighted by Crippen LogP contribution is -2.24. The number of aromatic nitrogens is 2. The Morgan fingerprint density at radius 1 is 1.26 bits per heavy atom. The van der Waals surface area contributed by atoms with Crippen molar-refractivity contribution < 1.29 is 4.79 Å². The van der Waals surface area contributed by atoms with Gasteiger partial charge in [-0.25, -0.2) is 5.43 Å². The molecular weight excluding hydrogens is 288 g/mol.